The smallest absolute Gasteiger partial charge is 0.0789 e. The lowest BCUT2D eigenvalue weighted by Gasteiger charge is -2.27. The van der Waals surface area contributed by atoms with Gasteiger partial charge in [0.15, 0.2) is 0 Å². The van der Waals surface area contributed by atoms with E-state index in [2.05, 4.69) is 36.3 Å². The summed E-state index contributed by atoms with van der Waals surface area (Å²) in [6, 6.07) is 4.60. The van der Waals surface area contributed by atoms with Gasteiger partial charge in [-0.25, -0.2) is 0 Å². The average molecular weight is 228 g/mol. The molecule has 0 aromatic carbocycles. The largest absolute Gasteiger partial charge is 0.390 e. The van der Waals surface area contributed by atoms with Gasteiger partial charge in [-0.2, -0.15) is 0 Å². The number of hydrogen-bond acceptors (Lipinski definition) is 4. The van der Waals surface area contributed by atoms with E-state index >= 15 is 0 Å². The molecule has 0 radical (unpaired) electrons. The maximum Gasteiger partial charge on any atom is 0.0789 e. The number of hydrogen-bond donors (Lipinski definition) is 2. The summed E-state index contributed by atoms with van der Waals surface area (Å²) in [5.74, 6) is 0. The fourth-order valence-corrected chi connectivity index (χ4v) is 2.14. The molecular weight excluding hydrogens is 208 g/mol. The van der Waals surface area contributed by atoms with Gasteiger partial charge in [-0.1, -0.05) is 6.07 Å². The lowest BCUT2D eigenvalue weighted by atomic mass is 10.2. The summed E-state index contributed by atoms with van der Waals surface area (Å²) < 4.78 is 0. The highest BCUT2D eigenvalue weighted by atomic mass is 32.1. The molecule has 4 heteroatoms. The van der Waals surface area contributed by atoms with Crippen LogP contribution in [0.3, 0.4) is 0 Å². The fourth-order valence-electron chi connectivity index (χ4n) is 1.41. The van der Waals surface area contributed by atoms with Crippen LogP contribution in [0.5, 0.6) is 0 Å². The second-order valence-corrected chi connectivity index (χ2v) is 5.02. The Morgan fingerprint density at radius 1 is 1.53 bits per heavy atom. The third-order valence-electron chi connectivity index (χ3n) is 2.39. The zero-order valence-corrected chi connectivity index (χ0v) is 10.2. The molecule has 3 nitrogen and oxygen atoms in total. The molecule has 0 amide bonds. The molecule has 1 unspecified atom stereocenters. The van der Waals surface area contributed by atoms with Crippen LogP contribution in [0.15, 0.2) is 17.5 Å². The minimum absolute atomic E-state index is 0.327. The van der Waals surface area contributed by atoms with Crippen molar-refractivity contribution < 1.29 is 5.11 Å². The monoisotopic (exact) mass is 228 g/mol. The normalized spacial score (nSPS) is 13.7. The van der Waals surface area contributed by atoms with Crippen molar-refractivity contribution in [3.63, 3.8) is 0 Å². The van der Waals surface area contributed by atoms with Crippen LogP contribution in [0.2, 0.25) is 0 Å². The van der Waals surface area contributed by atoms with Crippen molar-refractivity contribution >= 4 is 11.3 Å². The molecule has 0 spiro atoms. The number of nitrogens with zero attached hydrogens (tertiary/aromatic N) is 1. The van der Waals surface area contributed by atoms with Crippen molar-refractivity contribution in [1.29, 1.82) is 0 Å². The predicted molar refractivity (Wildman–Crippen MR) is 64.9 cm³/mol. The Balaban J connectivity index is 2.51. The molecule has 0 aliphatic rings. The first-order valence-electron chi connectivity index (χ1n) is 5.28. The Bertz CT molecular complexity index is 262. The zero-order chi connectivity index (χ0) is 11.3. The van der Waals surface area contributed by atoms with Crippen LogP contribution in [0.4, 0.5) is 0 Å². The first-order chi connectivity index (χ1) is 7.13. The summed E-state index contributed by atoms with van der Waals surface area (Å²) in [6.07, 6.45) is -0.424. The van der Waals surface area contributed by atoms with E-state index in [1.165, 1.54) is 4.88 Å². The van der Waals surface area contributed by atoms with Gasteiger partial charge in [-0.15, -0.1) is 11.3 Å². The van der Waals surface area contributed by atoms with Gasteiger partial charge < -0.3 is 10.8 Å². The van der Waals surface area contributed by atoms with Gasteiger partial charge in [-0.3, -0.25) is 4.90 Å². The van der Waals surface area contributed by atoms with Gasteiger partial charge in [0.05, 0.1) is 6.10 Å². The number of nitrogens with two attached hydrogens (primary N) is 1. The molecular formula is C11H20N2OS. The van der Waals surface area contributed by atoms with Gasteiger partial charge in [0, 0.05) is 30.6 Å². The van der Waals surface area contributed by atoms with Crippen LogP contribution >= 0.6 is 11.3 Å². The lowest BCUT2D eigenvalue weighted by molar-refractivity contribution is 0.0967. The maximum absolute atomic E-state index is 9.54. The lowest BCUT2D eigenvalue weighted by Crippen LogP contribution is -2.39. The second-order valence-electron chi connectivity index (χ2n) is 3.99. The molecule has 1 rings (SSSR count). The molecule has 1 heterocycles. The van der Waals surface area contributed by atoms with Crippen LogP contribution in [0.25, 0.3) is 0 Å². The van der Waals surface area contributed by atoms with E-state index in [4.69, 9.17) is 5.73 Å². The van der Waals surface area contributed by atoms with Gasteiger partial charge in [-0.05, 0) is 25.3 Å². The second kappa shape index (κ2) is 6.23. The topological polar surface area (TPSA) is 49.5 Å². The summed E-state index contributed by atoms with van der Waals surface area (Å²) in [6.45, 7) is 6.14. The SMILES string of the molecule is CC(C)N(Cc1cccs1)CC(O)CN. The Kier molecular flexibility index (Phi) is 5.25. The molecule has 1 aromatic heterocycles. The molecule has 0 bridgehead atoms. The first kappa shape index (κ1) is 12.6. The molecule has 86 valence electrons. The molecule has 15 heavy (non-hydrogen) atoms. The van der Waals surface area contributed by atoms with Crippen LogP contribution in [0.1, 0.15) is 18.7 Å². The van der Waals surface area contributed by atoms with Crippen LogP contribution < -0.4 is 5.73 Å². The van der Waals surface area contributed by atoms with E-state index in [0.29, 0.717) is 19.1 Å². The van der Waals surface area contributed by atoms with Crippen molar-refractivity contribution in [3.8, 4) is 0 Å². The van der Waals surface area contributed by atoms with Crippen molar-refractivity contribution in [2.75, 3.05) is 13.1 Å². The Morgan fingerprint density at radius 3 is 2.73 bits per heavy atom. The van der Waals surface area contributed by atoms with Crippen molar-refractivity contribution in [2.45, 2.75) is 32.5 Å². The highest BCUT2D eigenvalue weighted by molar-refractivity contribution is 7.09. The Hall–Kier alpha value is -0.420. The summed E-state index contributed by atoms with van der Waals surface area (Å²) >= 11 is 1.75. The molecule has 0 aliphatic heterocycles. The summed E-state index contributed by atoms with van der Waals surface area (Å²) in [5, 5.41) is 11.6. The third kappa shape index (κ3) is 4.30. The molecule has 0 saturated carbocycles. The Labute approximate surface area is 95.5 Å². The van der Waals surface area contributed by atoms with E-state index in [0.717, 1.165) is 6.54 Å². The standard InChI is InChI=1S/C11H20N2OS/c1-9(2)13(7-10(14)6-12)8-11-4-3-5-15-11/h3-5,9-10,14H,6-8,12H2,1-2H3. The van der Waals surface area contributed by atoms with Gasteiger partial charge in [0.25, 0.3) is 0 Å². The minimum Gasteiger partial charge on any atom is -0.390 e. The van der Waals surface area contributed by atoms with E-state index in [1.807, 2.05) is 0 Å². The predicted octanol–water partition coefficient (Wildman–Crippen LogP) is 1.28. The summed E-state index contributed by atoms with van der Waals surface area (Å²) in [7, 11) is 0. The number of aliphatic hydroxyl groups excluding tert-OH is 1. The van der Waals surface area contributed by atoms with Gasteiger partial charge >= 0.3 is 0 Å². The molecule has 0 fully saturated rings. The third-order valence-corrected chi connectivity index (χ3v) is 3.25. The fraction of sp³-hybridized carbons (Fsp3) is 0.636. The van der Waals surface area contributed by atoms with Gasteiger partial charge in [0.1, 0.15) is 0 Å². The van der Waals surface area contributed by atoms with Gasteiger partial charge in [0.2, 0.25) is 0 Å². The number of thiophene rings is 1. The highest BCUT2D eigenvalue weighted by Gasteiger charge is 2.14. The summed E-state index contributed by atoms with van der Waals surface area (Å²) in [4.78, 5) is 3.57. The molecule has 1 aromatic rings. The molecule has 0 aliphatic carbocycles. The average Bonchev–Trinajstić information content (AvgIpc) is 2.69. The quantitative estimate of drug-likeness (QED) is 0.771. The maximum atomic E-state index is 9.54. The summed E-state index contributed by atoms with van der Waals surface area (Å²) in [5.41, 5.74) is 5.42. The van der Waals surface area contributed by atoms with E-state index in [9.17, 15) is 5.11 Å². The Morgan fingerprint density at radius 2 is 2.27 bits per heavy atom. The highest BCUT2D eigenvalue weighted by Crippen LogP contribution is 2.13. The first-order valence-corrected chi connectivity index (χ1v) is 6.16. The van der Waals surface area contributed by atoms with Crippen molar-refractivity contribution in [3.05, 3.63) is 22.4 Å². The van der Waals surface area contributed by atoms with Crippen LogP contribution in [-0.2, 0) is 6.54 Å². The number of aliphatic hydroxyl groups is 1. The van der Waals surface area contributed by atoms with Crippen LogP contribution in [0, 0.1) is 0 Å². The molecule has 1 atom stereocenters. The van der Waals surface area contributed by atoms with Crippen molar-refractivity contribution in [2.24, 2.45) is 5.73 Å². The zero-order valence-electron chi connectivity index (χ0n) is 9.39. The van der Waals surface area contributed by atoms with E-state index < -0.39 is 6.10 Å². The van der Waals surface area contributed by atoms with E-state index in [1.54, 1.807) is 11.3 Å². The molecule has 0 saturated heterocycles. The van der Waals surface area contributed by atoms with E-state index in [-0.39, 0.29) is 0 Å². The minimum atomic E-state index is -0.424. The number of rotatable bonds is 6. The van der Waals surface area contributed by atoms with Crippen molar-refractivity contribution in [1.82, 2.24) is 4.90 Å². The van der Waals surface area contributed by atoms with Crippen LogP contribution in [-0.4, -0.2) is 35.2 Å². The molecule has 3 N–H and O–H groups in total.